The molecule has 0 spiro atoms. The van der Waals surface area contributed by atoms with Crippen LogP contribution >= 0.6 is 0 Å². The summed E-state index contributed by atoms with van der Waals surface area (Å²) in [6, 6.07) is -0.395. The van der Waals surface area contributed by atoms with E-state index in [0.717, 1.165) is 38.5 Å². The number of rotatable bonds is 7. The molecule has 112 valence electrons. The quantitative estimate of drug-likeness (QED) is 0.744. The molecule has 1 saturated heterocycles. The number of likely N-dealkylation sites (tertiary alicyclic amines) is 1. The van der Waals surface area contributed by atoms with Gasteiger partial charge in [-0.25, -0.2) is 0 Å². The van der Waals surface area contributed by atoms with Crippen LogP contribution in [0.15, 0.2) is 0 Å². The molecule has 1 fully saturated rings. The van der Waals surface area contributed by atoms with Crippen molar-refractivity contribution >= 4 is 5.97 Å². The maximum atomic E-state index is 11.2. The zero-order valence-electron chi connectivity index (χ0n) is 12.9. The SMILES string of the molecule is CCCNC(CCN1CCC(C(C)(C)C)C1)C(=O)O. The van der Waals surface area contributed by atoms with Crippen molar-refractivity contribution in [3.8, 4) is 0 Å². The van der Waals surface area contributed by atoms with Crippen LogP contribution in [0.3, 0.4) is 0 Å². The van der Waals surface area contributed by atoms with E-state index >= 15 is 0 Å². The van der Waals surface area contributed by atoms with Crippen molar-refractivity contribution in [3.05, 3.63) is 0 Å². The summed E-state index contributed by atoms with van der Waals surface area (Å²) >= 11 is 0. The number of carboxylic acid groups (broad SMARTS) is 1. The molecule has 0 aliphatic carbocycles. The topological polar surface area (TPSA) is 52.6 Å². The molecular weight excluding hydrogens is 240 g/mol. The van der Waals surface area contributed by atoms with E-state index in [1.54, 1.807) is 0 Å². The molecule has 2 atom stereocenters. The maximum absolute atomic E-state index is 11.2. The van der Waals surface area contributed by atoms with Crippen LogP contribution in [0.4, 0.5) is 0 Å². The Morgan fingerprint density at radius 1 is 1.47 bits per heavy atom. The van der Waals surface area contributed by atoms with Crippen LogP contribution in [-0.4, -0.2) is 48.2 Å². The minimum absolute atomic E-state index is 0.363. The second kappa shape index (κ2) is 7.25. The van der Waals surface area contributed by atoms with Gasteiger partial charge in [-0.2, -0.15) is 0 Å². The Hall–Kier alpha value is -0.610. The maximum Gasteiger partial charge on any atom is 0.320 e. The number of hydrogen-bond acceptors (Lipinski definition) is 3. The minimum atomic E-state index is -0.722. The van der Waals surface area contributed by atoms with Gasteiger partial charge in [-0.15, -0.1) is 0 Å². The molecule has 4 nitrogen and oxygen atoms in total. The summed E-state index contributed by atoms with van der Waals surface area (Å²) in [7, 11) is 0. The smallest absolute Gasteiger partial charge is 0.320 e. The van der Waals surface area contributed by atoms with Gasteiger partial charge in [-0.1, -0.05) is 27.7 Å². The van der Waals surface area contributed by atoms with Crippen LogP contribution < -0.4 is 5.32 Å². The van der Waals surface area contributed by atoms with Gasteiger partial charge in [0.2, 0.25) is 0 Å². The van der Waals surface area contributed by atoms with Crippen LogP contribution in [0.5, 0.6) is 0 Å². The summed E-state index contributed by atoms with van der Waals surface area (Å²) < 4.78 is 0. The Labute approximate surface area is 117 Å². The molecule has 19 heavy (non-hydrogen) atoms. The molecule has 1 aliphatic rings. The Bertz CT molecular complexity index is 286. The summed E-state index contributed by atoms with van der Waals surface area (Å²) in [4.78, 5) is 13.6. The molecule has 0 saturated carbocycles. The molecule has 0 aromatic carbocycles. The first-order valence-electron chi connectivity index (χ1n) is 7.53. The van der Waals surface area contributed by atoms with Crippen LogP contribution in [0.1, 0.15) is 47.0 Å². The lowest BCUT2D eigenvalue weighted by Crippen LogP contribution is -2.40. The van der Waals surface area contributed by atoms with Crippen molar-refractivity contribution in [2.24, 2.45) is 11.3 Å². The first kappa shape index (κ1) is 16.4. The van der Waals surface area contributed by atoms with Gasteiger partial charge in [-0.05, 0) is 43.7 Å². The molecule has 1 rings (SSSR count). The van der Waals surface area contributed by atoms with Gasteiger partial charge in [0.15, 0.2) is 0 Å². The summed E-state index contributed by atoms with van der Waals surface area (Å²) in [6.07, 6.45) is 2.91. The lowest BCUT2D eigenvalue weighted by atomic mass is 9.80. The predicted octanol–water partition coefficient (Wildman–Crippen LogP) is 2.20. The average Bonchev–Trinajstić information content (AvgIpc) is 2.77. The fourth-order valence-corrected chi connectivity index (χ4v) is 2.69. The van der Waals surface area contributed by atoms with E-state index in [1.807, 2.05) is 0 Å². The van der Waals surface area contributed by atoms with E-state index in [0.29, 0.717) is 11.8 Å². The zero-order valence-corrected chi connectivity index (χ0v) is 12.9. The fraction of sp³-hybridized carbons (Fsp3) is 0.933. The van der Waals surface area contributed by atoms with E-state index in [1.165, 1.54) is 6.42 Å². The van der Waals surface area contributed by atoms with Crippen LogP contribution in [0.25, 0.3) is 0 Å². The van der Waals surface area contributed by atoms with Crippen molar-refractivity contribution in [1.82, 2.24) is 10.2 Å². The van der Waals surface area contributed by atoms with E-state index in [2.05, 4.69) is 37.9 Å². The van der Waals surface area contributed by atoms with Crippen molar-refractivity contribution in [2.45, 2.75) is 53.0 Å². The highest BCUT2D eigenvalue weighted by Crippen LogP contribution is 2.33. The van der Waals surface area contributed by atoms with Gasteiger partial charge in [0.1, 0.15) is 6.04 Å². The Kier molecular flexibility index (Phi) is 6.27. The molecule has 1 aliphatic heterocycles. The number of carbonyl (C=O) groups is 1. The average molecular weight is 270 g/mol. The lowest BCUT2D eigenvalue weighted by molar-refractivity contribution is -0.139. The van der Waals surface area contributed by atoms with Gasteiger partial charge in [-0.3, -0.25) is 4.79 Å². The third kappa shape index (κ3) is 5.49. The van der Waals surface area contributed by atoms with E-state index in [4.69, 9.17) is 0 Å². The third-order valence-corrected chi connectivity index (χ3v) is 4.17. The summed E-state index contributed by atoms with van der Waals surface area (Å²) in [5, 5.41) is 12.3. The summed E-state index contributed by atoms with van der Waals surface area (Å²) in [6.45, 7) is 12.8. The van der Waals surface area contributed by atoms with E-state index in [-0.39, 0.29) is 0 Å². The molecule has 2 unspecified atom stereocenters. The first-order valence-corrected chi connectivity index (χ1v) is 7.53. The number of carboxylic acids is 1. The highest BCUT2D eigenvalue weighted by molar-refractivity contribution is 5.73. The third-order valence-electron chi connectivity index (χ3n) is 4.17. The normalized spacial score (nSPS) is 22.6. The van der Waals surface area contributed by atoms with Crippen molar-refractivity contribution in [1.29, 1.82) is 0 Å². The first-order chi connectivity index (χ1) is 8.84. The fourth-order valence-electron chi connectivity index (χ4n) is 2.69. The van der Waals surface area contributed by atoms with Gasteiger partial charge < -0.3 is 15.3 Å². The highest BCUT2D eigenvalue weighted by atomic mass is 16.4. The van der Waals surface area contributed by atoms with Crippen molar-refractivity contribution in [3.63, 3.8) is 0 Å². The number of nitrogens with zero attached hydrogens (tertiary/aromatic N) is 1. The molecule has 2 N–H and O–H groups in total. The number of nitrogens with one attached hydrogen (secondary N) is 1. The molecule has 0 aromatic rings. The second-order valence-electron chi connectivity index (χ2n) is 6.79. The highest BCUT2D eigenvalue weighted by Gasteiger charge is 2.31. The van der Waals surface area contributed by atoms with Crippen molar-refractivity contribution < 1.29 is 9.90 Å². The number of hydrogen-bond donors (Lipinski definition) is 2. The summed E-state index contributed by atoms with van der Waals surface area (Å²) in [5.41, 5.74) is 0.363. The largest absolute Gasteiger partial charge is 0.480 e. The van der Waals surface area contributed by atoms with Gasteiger partial charge in [0.25, 0.3) is 0 Å². The Morgan fingerprint density at radius 2 is 2.16 bits per heavy atom. The standard InChI is InChI=1S/C15H30N2O2/c1-5-8-16-13(14(18)19)7-10-17-9-6-12(11-17)15(2,3)4/h12-13,16H,5-11H2,1-4H3,(H,18,19). The second-order valence-corrected chi connectivity index (χ2v) is 6.79. The van der Waals surface area contributed by atoms with E-state index in [9.17, 15) is 9.90 Å². The zero-order chi connectivity index (χ0) is 14.5. The minimum Gasteiger partial charge on any atom is -0.480 e. The monoisotopic (exact) mass is 270 g/mol. The molecule has 0 amide bonds. The van der Waals surface area contributed by atoms with Crippen molar-refractivity contribution in [2.75, 3.05) is 26.2 Å². The molecule has 0 aromatic heterocycles. The summed E-state index contributed by atoms with van der Waals surface area (Å²) in [5.74, 6) is 0.0133. The van der Waals surface area contributed by atoms with Gasteiger partial charge in [0, 0.05) is 13.1 Å². The Balaban J connectivity index is 2.34. The lowest BCUT2D eigenvalue weighted by Gasteiger charge is -2.27. The molecule has 1 heterocycles. The van der Waals surface area contributed by atoms with E-state index < -0.39 is 12.0 Å². The van der Waals surface area contributed by atoms with Crippen LogP contribution in [0.2, 0.25) is 0 Å². The van der Waals surface area contributed by atoms with Crippen LogP contribution in [-0.2, 0) is 4.79 Å². The molecule has 0 radical (unpaired) electrons. The van der Waals surface area contributed by atoms with Gasteiger partial charge in [0.05, 0.1) is 0 Å². The molecule has 0 bridgehead atoms. The molecule has 4 heteroatoms. The molecular formula is C15H30N2O2. The predicted molar refractivity (Wildman–Crippen MR) is 78.3 cm³/mol. The van der Waals surface area contributed by atoms with Gasteiger partial charge >= 0.3 is 5.97 Å². The number of aliphatic carboxylic acids is 1. The Morgan fingerprint density at radius 3 is 2.63 bits per heavy atom. The van der Waals surface area contributed by atoms with Crippen LogP contribution in [0, 0.1) is 11.3 Å².